The van der Waals surface area contributed by atoms with Crippen LogP contribution in [0, 0.1) is 5.82 Å². The normalized spacial score (nSPS) is 18.8. The SMILES string of the molecule is COCCOC1CCC(c2nc3c(-c4cnc5ccc(F)cc5c4)cnn3c(N)c2S(C)(=O)=O)CC1. The second-order valence-corrected chi connectivity index (χ2v) is 11.1. The van der Waals surface area contributed by atoms with E-state index >= 15 is 0 Å². The van der Waals surface area contributed by atoms with Crippen LogP contribution in [-0.2, 0) is 19.3 Å². The summed E-state index contributed by atoms with van der Waals surface area (Å²) in [6.07, 6.45) is 7.52. The average Bonchev–Trinajstić information content (AvgIpc) is 3.28. The Labute approximate surface area is 208 Å². The van der Waals surface area contributed by atoms with Gasteiger partial charge in [0, 0.05) is 42.0 Å². The van der Waals surface area contributed by atoms with E-state index in [1.165, 1.54) is 16.6 Å². The van der Waals surface area contributed by atoms with Crippen LogP contribution in [0.15, 0.2) is 41.6 Å². The number of pyridine rings is 1. The standard InChI is InChI=1S/C25H28FN5O4S/c1-34-9-10-35-19-6-3-15(4-7-19)22-23(36(2,32)33)24(27)31-25(30-22)20(14-29-31)17-11-16-12-18(26)5-8-21(16)28-13-17/h5,8,11-15,19H,3-4,6-7,9-10,27H2,1-2H3. The maximum Gasteiger partial charge on any atom is 0.180 e. The number of nitrogen functional groups attached to an aromatic ring is 1. The number of aromatic nitrogens is 4. The minimum Gasteiger partial charge on any atom is -0.382 e. The number of nitrogens with zero attached hydrogens (tertiary/aromatic N) is 4. The van der Waals surface area contributed by atoms with E-state index < -0.39 is 9.84 Å². The lowest BCUT2D eigenvalue weighted by molar-refractivity contribution is -0.00308. The molecule has 1 saturated carbocycles. The summed E-state index contributed by atoms with van der Waals surface area (Å²) in [5.74, 6) is -0.413. The van der Waals surface area contributed by atoms with Crippen LogP contribution in [0.1, 0.15) is 37.3 Å². The molecule has 2 N–H and O–H groups in total. The van der Waals surface area contributed by atoms with Crippen molar-refractivity contribution < 1.29 is 22.3 Å². The number of nitrogens with two attached hydrogens (primary N) is 1. The van der Waals surface area contributed by atoms with Gasteiger partial charge in [0.2, 0.25) is 0 Å². The van der Waals surface area contributed by atoms with Crippen LogP contribution >= 0.6 is 0 Å². The third-order valence-corrected chi connectivity index (χ3v) is 7.85. The molecule has 190 valence electrons. The largest absolute Gasteiger partial charge is 0.382 e. The molecule has 0 atom stereocenters. The van der Waals surface area contributed by atoms with Crippen molar-refractivity contribution in [1.29, 1.82) is 0 Å². The molecule has 0 spiro atoms. The van der Waals surface area contributed by atoms with E-state index in [9.17, 15) is 12.8 Å². The summed E-state index contributed by atoms with van der Waals surface area (Å²) in [5, 5.41) is 4.98. The second-order valence-electron chi connectivity index (χ2n) is 9.18. The van der Waals surface area contributed by atoms with Gasteiger partial charge >= 0.3 is 0 Å². The highest BCUT2D eigenvalue weighted by molar-refractivity contribution is 7.91. The van der Waals surface area contributed by atoms with Gasteiger partial charge in [0.15, 0.2) is 15.5 Å². The molecule has 1 aromatic carbocycles. The summed E-state index contributed by atoms with van der Waals surface area (Å²) in [5.41, 5.74) is 9.28. The highest BCUT2D eigenvalue weighted by atomic mass is 32.2. The molecule has 5 rings (SSSR count). The molecule has 1 aliphatic carbocycles. The number of ether oxygens (including phenoxy) is 2. The zero-order valence-electron chi connectivity index (χ0n) is 20.1. The number of sulfone groups is 1. The molecule has 0 saturated heterocycles. The Hall–Kier alpha value is -3.15. The molecule has 9 nitrogen and oxygen atoms in total. The van der Waals surface area contributed by atoms with Crippen molar-refractivity contribution in [3.05, 3.63) is 48.2 Å². The van der Waals surface area contributed by atoms with Gasteiger partial charge in [-0.15, -0.1) is 0 Å². The van der Waals surface area contributed by atoms with E-state index in [2.05, 4.69) is 10.1 Å². The Morgan fingerprint density at radius 2 is 1.92 bits per heavy atom. The summed E-state index contributed by atoms with van der Waals surface area (Å²) in [4.78, 5) is 9.29. The van der Waals surface area contributed by atoms with Gasteiger partial charge in [-0.25, -0.2) is 17.8 Å². The van der Waals surface area contributed by atoms with E-state index in [0.29, 0.717) is 46.6 Å². The minimum atomic E-state index is -3.68. The lowest BCUT2D eigenvalue weighted by Gasteiger charge is -2.29. The van der Waals surface area contributed by atoms with Crippen molar-refractivity contribution in [2.45, 2.75) is 42.6 Å². The van der Waals surface area contributed by atoms with E-state index in [1.807, 2.05) is 6.07 Å². The van der Waals surface area contributed by atoms with Gasteiger partial charge in [0.1, 0.15) is 16.5 Å². The van der Waals surface area contributed by atoms with Gasteiger partial charge in [0.05, 0.1) is 36.7 Å². The molecule has 3 aromatic heterocycles. The third kappa shape index (κ3) is 4.65. The first-order chi connectivity index (χ1) is 17.3. The smallest absolute Gasteiger partial charge is 0.180 e. The van der Waals surface area contributed by atoms with E-state index in [1.54, 1.807) is 25.6 Å². The number of hydrogen-bond donors (Lipinski definition) is 1. The van der Waals surface area contributed by atoms with Gasteiger partial charge in [-0.2, -0.15) is 9.61 Å². The summed E-state index contributed by atoms with van der Waals surface area (Å²) >= 11 is 0. The summed E-state index contributed by atoms with van der Waals surface area (Å²) < 4.78 is 51.7. The van der Waals surface area contributed by atoms with Crippen molar-refractivity contribution in [3.8, 4) is 11.1 Å². The third-order valence-electron chi connectivity index (χ3n) is 6.69. The molecule has 1 aliphatic rings. The van der Waals surface area contributed by atoms with Crippen LogP contribution in [0.5, 0.6) is 0 Å². The van der Waals surface area contributed by atoms with Gasteiger partial charge in [-0.1, -0.05) is 0 Å². The molecule has 0 aliphatic heterocycles. The topological polar surface area (TPSA) is 122 Å². The predicted octanol–water partition coefficient (Wildman–Crippen LogP) is 3.76. The summed E-state index contributed by atoms with van der Waals surface area (Å²) in [6.45, 7) is 1.06. The van der Waals surface area contributed by atoms with Crippen molar-refractivity contribution >= 4 is 32.2 Å². The first-order valence-electron chi connectivity index (χ1n) is 11.8. The van der Waals surface area contributed by atoms with Crippen LogP contribution < -0.4 is 5.73 Å². The fourth-order valence-electron chi connectivity index (χ4n) is 4.93. The number of fused-ring (bicyclic) bond motifs is 2. The maximum absolute atomic E-state index is 13.8. The average molecular weight is 514 g/mol. The highest BCUT2D eigenvalue weighted by Gasteiger charge is 2.32. The predicted molar refractivity (Wildman–Crippen MR) is 134 cm³/mol. The number of anilines is 1. The van der Waals surface area contributed by atoms with Gasteiger partial charge < -0.3 is 15.2 Å². The number of methoxy groups -OCH3 is 1. The van der Waals surface area contributed by atoms with Crippen LogP contribution in [0.3, 0.4) is 0 Å². The van der Waals surface area contributed by atoms with E-state index in [4.69, 9.17) is 20.2 Å². The fraction of sp³-hybridized carbons (Fsp3) is 0.400. The molecule has 0 unspecified atom stereocenters. The fourth-order valence-corrected chi connectivity index (χ4v) is 5.99. The molecule has 0 amide bonds. The number of rotatable bonds is 7. The van der Waals surface area contributed by atoms with Crippen molar-refractivity contribution in [2.24, 2.45) is 0 Å². The Bertz CT molecular complexity index is 1530. The van der Waals surface area contributed by atoms with E-state index in [-0.39, 0.29) is 28.6 Å². The first-order valence-corrected chi connectivity index (χ1v) is 13.7. The second kappa shape index (κ2) is 9.72. The molecule has 3 heterocycles. The molecule has 11 heteroatoms. The monoisotopic (exact) mass is 513 g/mol. The van der Waals surface area contributed by atoms with Gasteiger partial charge in [0.25, 0.3) is 0 Å². The Morgan fingerprint density at radius 3 is 2.64 bits per heavy atom. The van der Waals surface area contributed by atoms with Crippen molar-refractivity contribution in [3.63, 3.8) is 0 Å². The van der Waals surface area contributed by atoms with Gasteiger partial charge in [-0.05, 0) is 49.9 Å². The molecule has 0 bridgehead atoms. The number of hydrogen-bond acceptors (Lipinski definition) is 8. The lowest BCUT2D eigenvalue weighted by Crippen LogP contribution is -2.24. The quantitative estimate of drug-likeness (QED) is 0.371. The van der Waals surface area contributed by atoms with Crippen LogP contribution in [0.4, 0.5) is 10.2 Å². The zero-order chi connectivity index (χ0) is 25.4. The summed E-state index contributed by atoms with van der Waals surface area (Å²) in [7, 11) is -2.04. The number of benzene rings is 1. The Morgan fingerprint density at radius 1 is 1.14 bits per heavy atom. The molecular formula is C25H28FN5O4S. The lowest BCUT2D eigenvalue weighted by atomic mass is 9.85. The molecule has 1 fully saturated rings. The number of halogens is 1. The molecule has 36 heavy (non-hydrogen) atoms. The summed E-state index contributed by atoms with van der Waals surface area (Å²) in [6, 6.07) is 6.21. The molecular weight excluding hydrogens is 485 g/mol. The van der Waals surface area contributed by atoms with Crippen LogP contribution in [0.2, 0.25) is 0 Å². The van der Waals surface area contributed by atoms with Crippen LogP contribution in [-0.4, -0.2) is 60.7 Å². The van der Waals surface area contributed by atoms with Crippen LogP contribution in [0.25, 0.3) is 27.7 Å². The van der Waals surface area contributed by atoms with E-state index in [0.717, 1.165) is 31.9 Å². The van der Waals surface area contributed by atoms with Crippen molar-refractivity contribution in [2.75, 3.05) is 32.3 Å². The van der Waals surface area contributed by atoms with Gasteiger partial charge in [-0.3, -0.25) is 4.98 Å². The van der Waals surface area contributed by atoms with Crippen molar-refractivity contribution in [1.82, 2.24) is 19.6 Å². The Kier molecular flexibility index (Phi) is 6.62. The molecule has 4 aromatic rings. The Balaban J connectivity index is 1.57. The molecule has 0 radical (unpaired) electrons. The minimum absolute atomic E-state index is 0.0205. The highest BCUT2D eigenvalue weighted by Crippen LogP contribution is 2.39. The first kappa shape index (κ1) is 24.5. The maximum atomic E-state index is 13.8. The zero-order valence-corrected chi connectivity index (χ0v) is 21.0.